The van der Waals surface area contributed by atoms with Crippen LogP contribution in [0.2, 0.25) is 0 Å². The van der Waals surface area contributed by atoms with Gasteiger partial charge in [-0.2, -0.15) is 5.10 Å². The average molecular weight is 236 g/mol. The second-order valence-corrected chi connectivity index (χ2v) is 3.27. The van der Waals surface area contributed by atoms with Crippen molar-refractivity contribution in [2.24, 2.45) is 0 Å². The molecule has 1 aromatic carbocycles. The first-order valence-corrected chi connectivity index (χ1v) is 4.74. The minimum absolute atomic E-state index is 0.0961. The molecule has 0 aliphatic carbocycles. The van der Waals surface area contributed by atoms with Gasteiger partial charge in [0, 0.05) is 12.3 Å². The fourth-order valence-electron chi connectivity index (χ4n) is 1.38. The summed E-state index contributed by atoms with van der Waals surface area (Å²) < 4.78 is 19.5. The number of rotatable bonds is 3. The van der Waals surface area contributed by atoms with Gasteiger partial charge in [-0.15, -0.1) is 0 Å². The molecule has 88 valence electrons. The predicted molar refractivity (Wildman–Crippen MR) is 57.0 cm³/mol. The molecule has 0 unspecified atom stereocenters. The summed E-state index contributed by atoms with van der Waals surface area (Å²) in [5.74, 6) is -1.53. The van der Waals surface area contributed by atoms with E-state index in [1.807, 2.05) is 0 Å². The molecule has 0 radical (unpaired) electrons. The Kier molecular flexibility index (Phi) is 2.78. The minimum atomic E-state index is -1.13. The summed E-state index contributed by atoms with van der Waals surface area (Å²) in [7, 11) is 1.37. The number of benzene rings is 1. The number of halogens is 1. The van der Waals surface area contributed by atoms with Gasteiger partial charge < -0.3 is 9.84 Å². The zero-order chi connectivity index (χ0) is 12.4. The molecule has 0 spiro atoms. The molecule has 0 atom stereocenters. The minimum Gasteiger partial charge on any atom is -0.494 e. The summed E-state index contributed by atoms with van der Waals surface area (Å²) in [6, 6.07) is 5.59. The van der Waals surface area contributed by atoms with Crippen molar-refractivity contribution in [3.05, 3.63) is 42.0 Å². The van der Waals surface area contributed by atoms with Gasteiger partial charge >= 0.3 is 5.97 Å². The lowest BCUT2D eigenvalue weighted by molar-refractivity contribution is 0.0690. The third-order valence-corrected chi connectivity index (χ3v) is 2.21. The van der Waals surface area contributed by atoms with Crippen LogP contribution in [0, 0.1) is 5.82 Å². The topological polar surface area (TPSA) is 64.3 Å². The van der Waals surface area contributed by atoms with E-state index < -0.39 is 11.8 Å². The van der Waals surface area contributed by atoms with E-state index in [-0.39, 0.29) is 11.4 Å². The summed E-state index contributed by atoms with van der Waals surface area (Å²) in [6.45, 7) is 0. The fraction of sp³-hybridized carbons (Fsp3) is 0.0909. The lowest BCUT2D eigenvalue weighted by Gasteiger charge is -2.04. The number of carbonyl (C=O) groups is 1. The monoisotopic (exact) mass is 236 g/mol. The Morgan fingerprint density at radius 3 is 2.76 bits per heavy atom. The lowest BCUT2D eigenvalue weighted by Crippen LogP contribution is -2.01. The molecular weight excluding hydrogens is 227 g/mol. The number of ether oxygens (including phenoxy) is 1. The van der Waals surface area contributed by atoms with Crippen LogP contribution < -0.4 is 4.74 Å². The van der Waals surface area contributed by atoms with Gasteiger partial charge in [-0.05, 0) is 18.2 Å². The fourth-order valence-corrected chi connectivity index (χ4v) is 1.38. The maximum Gasteiger partial charge on any atom is 0.356 e. The van der Waals surface area contributed by atoms with E-state index in [0.29, 0.717) is 5.69 Å². The summed E-state index contributed by atoms with van der Waals surface area (Å²) in [4.78, 5) is 10.6. The highest BCUT2D eigenvalue weighted by Gasteiger charge is 2.09. The van der Waals surface area contributed by atoms with Crippen LogP contribution in [0.1, 0.15) is 10.5 Å². The van der Waals surface area contributed by atoms with Crippen LogP contribution in [-0.4, -0.2) is 28.0 Å². The largest absolute Gasteiger partial charge is 0.494 e. The third-order valence-electron chi connectivity index (χ3n) is 2.21. The molecule has 0 aliphatic heterocycles. The van der Waals surface area contributed by atoms with Crippen LogP contribution in [-0.2, 0) is 0 Å². The molecule has 0 bridgehead atoms. The Bertz CT molecular complexity index is 566. The number of hydrogen-bond donors (Lipinski definition) is 1. The molecule has 2 rings (SSSR count). The van der Waals surface area contributed by atoms with Crippen molar-refractivity contribution in [1.82, 2.24) is 9.78 Å². The highest BCUT2D eigenvalue weighted by molar-refractivity contribution is 5.85. The van der Waals surface area contributed by atoms with Crippen LogP contribution in [0.5, 0.6) is 5.75 Å². The van der Waals surface area contributed by atoms with Gasteiger partial charge in [-0.3, -0.25) is 0 Å². The molecule has 6 heteroatoms. The van der Waals surface area contributed by atoms with Gasteiger partial charge in [-0.1, -0.05) is 0 Å². The Hall–Kier alpha value is -2.37. The number of aromatic nitrogens is 2. The van der Waals surface area contributed by atoms with Gasteiger partial charge in [0.2, 0.25) is 0 Å². The molecule has 17 heavy (non-hydrogen) atoms. The SMILES string of the molecule is COc1ccc(-n2ccc(C(=O)O)n2)cc1F. The first kappa shape index (κ1) is 11.1. The van der Waals surface area contributed by atoms with Crippen molar-refractivity contribution in [1.29, 1.82) is 0 Å². The van der Waals surface area contributed by atoms with Crippen LogP contribution in [0.3, 0.4) is 0 Å². The molecule has 5 nitrogen and oxygen atoms in total. The van der Waals surface area contributed by atoms with E-state index in [9.17, 15) is 9.18 Å². The quantitative estimate of drug-likeness (QED) is 0.881. The van der Waals surface area contributed by atoms with E-state index in [4.69, 9.17) is 9.84 Å². The summed E-state index contributed by atoms with van der Waals surface area (Å²) >= 11 is 0. The number of aromatic carboxylic acids is 1. The number of methoxy groups -OCH3 is 1. The van der Waals surface area contributed by atoms with Crippen molar-refractivity contribution in [2.75, 3.05) is 7.11 Å². The smallest absolute Gasteiger partial charge is 0.356 e. The molecule has 0 saturated carbocycles. The van der Waals surface area contributed by atoms with Crippen LogP contribution >= 0.6 is 0 Å². The predicted octanol–water partition coefficient (Wildman–Crippen LogP) is 1.72. The highest BCUT2D eigenvalue weighted by atomic mass is 19.1. The first-order chi connectivity index (χ1) is 8.11. The zero-order valence-electron chi connectivity index (χ0n) is 8.92. The van der Waals surface area contributed by atoms with E-state index in [0.717, 1.165) is 0 Å². The molecule has 0 amide bonds. The van der Waals surface area contributed by atoms with Gasteiger partial charge in [0.1, 0.15) is 0 Å². The van der Waals surface area contributed by atoms with Crippen molar-refractivity contribution in [3.8, 4) is 11.4 Å². The van der Waals surface area contributed by atoms with Crippen molar-refractivity contribution in [2.45, 2.75) is 0 Å². The highest BCUT2D eigenvalue weighted by Crippen LogP contribution is 2.19. The summed E-state index contributed by atoms with van der Waals surface area (Å²) in [5, 5.41) is 12.5. The Morgan fingerprint density at radius 1 is 1.47 bits per heavy atom. The maximum absolute atomic E-state index is 13.4. The van der Waals surface area contributed by atoms with Crippen molar-refractivity contribution in [3.63, 3.8) is 0 Å². The molecular formula is C11H9FN2O3. The molecule has 2 aromatic rings. The molecule has 0 saturated heterocycles. The number of hydrogen-bond acceptors (Lipinski definition) is 3. The van der Waals surface area contributed by atoms with Crippen molar-refractivity contribution >= 4 is 5.97 Å². The molecule has 0 aliphatic rings. The maximum atomic E-state index is 13.4. The molecule has 1 aromatic heterocycles. The summed E-state index contributed by atoms with van der Waals surface area (Å²) in [6.07, 6.45) is 1.45. The van der Waals surface area contributed by atoms with Gasteiger partial charge in [0.15, 0.2) is 17.3 Å². The molecule has 0 fully saturated rings. The second kappa shape index (κ2) is 4.25. The lowest BCUT2D eigenvalue weighted by atomic mass is 10.3. The second-order valence-electron chi connectivity index (χ2n) is 3.27. The van der Waals surface area contributed by atoms with Gasteiger partial charge in [0.25, 0.3) is 0 Å². The Labute approximate surface area is 96.1 Å². The number of nitrogens with zero attached hydrogens (tertiary/aromatic N) is 2. The normalized spacial score (nSPS) is 10.2. The van der Waals surface area contributed by atoms with Gasteiger partial charge in [0.05, 0.1) is 12.8 Å². The average Bonchev–Trinajstić information content (AvgIpc) is 2.78. The van der Waals surface area contributed by atoms with Gasteiger partial charge in [-0.25, -0.2) is 13.9 Å². The standard InChI is InChI=1S/C11H9FN2O3/c1-17-10-3-2-7(6-8(10)12)14-5-4-9(13-14)11(15)16/h2-6H,1H3,(H,15,16). The van der Waals surface area contributed by atoms with Crippen LogP contribution in [0.15, 0.2) is 30.5 Å². The van der Waals surface area contributed by atoms with Crippen molar-refractivity contribution < 1.29 is 19.0 Å². The van der Waals surface area contributed by atoms with E-state index >= 15 is 0 Å². The zero-order valence-corrected chi connectivity index (χ0v) is 8.92. The molecule has 1 heterocycles. The summed E-state index contributed by atoms with van der Waals surface area (Å²) in [5.41, 5.74) is 0.331. The first-order valence-electron chi connectivity index (χ1n) is 4.74. The Morgan fingerprint density at radius 2 is 2.24 bits per heavy atom. The van der Waals surface area contributed by atoms with E-state index in [1.165, 1.54) is 36.2 Å². The number of carboxylic acids is 1. The number of carboxylic acid groups (broad SMARTS) is 1. The molecule has 1 N–H and O–H groups in total. The third kappa shape index (κ3) is 2.10. The van der Waals surface area contributed by atoms with Crippen LogP contribution in [0.25, 0.3) is 5.69 Å². The van der Waals surface area contributed by atoms with Crippen LogP contribution in [0.4, 0.5) is 4.39 Å². The Balaban J connectivity index is 2.39. The van der Waals surface area contributed by atoms with E-state index in [1.54, 1.807) is 6.07 Å². The van der Waals surface area contributed by atoms with E-state index in [2.05, 4.69) is 5.10 Å².